The average Bonchev–Trinajstić information content (AvgIpc) is 2.69. The molecule has 1 saturated heterocycles. The molecule has 0 atom stereocenters. The first-order chi connectivity index (χ1) is 14.2. The molecule has 30 heavy (non-hydrogen) atoms. The highest BCUT2D eigenvalue weighted by Crippen LogP contribution is 2.21. The lowest BCUT2D eigenvalue weighted by Gasteiger charge is -2.32. The third-order valence-electron chi connectivity index (χ3n) is 5.33. The number of aryl methyl sites for hydroxylation is 1. The second-order valence-electron chi connectivity index (χ2n) is 7.51. The zero-order valence-electron chi connectivity index (χ0n) is 17.0. The zero-order chi connectivity index (χ0) is 21.9. The molecule has 3 N–H and O–H groups in total. The van der Waals surface area contributed by atoms with Crippen LogP contribution in [0.5, 0.6) is 5.75 Å². The Labute approximate surface area is 176 Å². The van der Waals surface area contributed by atoms with Gasteiger partial charge in [0.2, 0.25) is 10.0 Å². The maximum Gasteiger partial charge on any atom is 0.251 e. The van der Waals surface area contributed by atoms with Crippen LogP contribution in [-0.2, 0) is 16.6 Å². The van der Waals surface area contributed by atoms with E-state index in [9.17, 15) is 17.6 Å². The van der Waals surface area contributed by atoms with E-state index in [1.807, 2.05) is 6.07 Å². The average molecular weight is 436 g/mol. The van der Waals surface area contributed by atoms with E-state index in [1.54, 1.807) is 19.1 Å². The fraction of sp³-hybridized carbons (Fsp3) is 0.381. The maximum atomic E-state index is 13.9. The number of nitrogens with two attached hydrogens (primary N) is 1. The molecule has 0 aromatic heterocycles. The van der Waals surface area contributed by atoms with Crippen molar-refractivity contribution in [3.8, 4) is 5.75 Å². The van der Waals surface area contributed by atoms with E-state index in [0.717, 1.165) is 31.5 Å². The Bertz CT molecular complexity index is 1030. The molecule has 1 heterocycles. The second kappa shape index (κ2) is 9.11. The number of benzene rings is 2. The summed E-state index contributed by atoms with van der Waals surface area (Å²) in [5.41, 5.74) is 1.85. The first-order valence-electron chi connectivity index (χ1n) is 9.66. The van der Waals surface area contributed by atoms with Crippen LogP contribution in [0.15, 0.2) is 41.3 Å². The lowest BCUT2D eigenvalue weighted by atomic mass is 10.0. The molecule has 0 aliphatic carbocycles. The number of piperidine rings is 1. The van der Waals surface area contributed by atoms with Crippen molar-refractivity contribution in [3.05, 3.63) is 58.9 Å². The van der Waals surface area contributed by atoms with Crippen LogP contribution in [0.2, 0.25) is 0 Å². The monoisotopic (exact) mass is 435 g/mol. The minimum absolute atomic E-state index is 0.0149. The van der Waals surface area contributed by atoms with Crippen molar-refractivity contribution in [3.63, 3.8) is 0 Å². The third kappa shape index (κ3) is 5.35. The predicted molar refractivity (Wildman–Crippen MR) is 111 cm³/mol. The summed E-state index contributed by atoms with van der Waals surface area (Å²) in [6.45, 7) is 3.89. The number of ether oxygens (including phenoxy) is 1. The Morgan fingerprint density at radius 3 is 2.53 bits per heavy atom. The predicted octanol–water partition coefficient (Wildman–Crippen LogP) is 2.18. The van der Waals surface area contributed by atoms with E-state index in [1.165, 1.54) is 25.3 Å². The van der Waals surface area contributed by atoms with Gasteiger partial charge < -0.3 is 10.1 Å². The van der Waals surface area contributed by atoms with Crippen molar-refractivity contribution in [1.29, 1.82) is 0 Å². The number of halogens is 1. The van der Waals surface area contributed by atoms with Crippen LogP contribution >= 0.6 is 0 Å². The second-order valence-corrected chi connectivity index (χ2v) is 9.08. The largest absolute Gasteiger partial charge is 0.494 e. The number of hydrogen-bond donors (Lipinski definition) is 2. The Kier molecular flexibility index (Phi) is 6.74. The number of carbonyl (C=O) groups excluding carboxylic acids is 1. The summed E-state index contributed by atoms with van der Waals surface area (Å²) in [6, 6.07) is 9.21. The first kappa shape index (κ1) is 22.2. The van der Waals surface area contributed by atoms with Gasteiger partial charge in [-0.2, -0.15) is 0 Å². The highest BCUT2D eigenvalue weighted by molar-refractivity contribution is 7.89. The number of carbonyl (C=O) groups is 1. The molecule has 2 aromatic rings. The molecule has 0 unspecified atom stereocenters. The summed E-state index contributed by atoms with van der Waals surface area (Å²) in [5, 5.41) is 8.15. The number of nitrogens with zero attached hydrogens (tertiary/aromatic N) is 1. The smallest absolute Gasteiger partial charge is 0.251 e. The van der Waals surface area contributed by atoms with E-state index < -0.39 is 10.0 Å². The lowest BCUT2D eigenvalue weighted by molar-refractivity contribution is 0.0908. The summed E-state index contributed by atoms with van der Waals surface area (Å²) in [5.74, 6) is -0.468. The number of likely N-dealkylation sites (tertiary alicyclic amines) is 1. The molecule has 3 rings (SSSR count). The van der Waals surface area contributed by atoms with Gasteiger partial charge in [-0.1, -0.05) is 12.1 Å². The number of amides is 1. The van der Waals surface area contributed by atoms with Gasteiger partial charge in [0.1, 0.15) is 0 Å². The number of hydrogen-bond acceptors (Lipinski definition) is 5. The topological polar surface area (TPSA) is 102 Å². The molecule has 0 spiro atoms. The molecule has 0 saturated carbocycles. The molecule has 1 aliphatic rings. The van der Waals surface area contributed by atoms with Crippen molar-refractivity contribution in [2.45, 2.75) is 37.2 Å². The van der Waals surface area contributed by atoms with Crippen LogP contribution < -0.4 is 15.2 Å². The summed E-state index contributed by atoms with van der Waals surface area (Å²) in [7, 11) is -2.44. The van der Waals surface area contributed by atoms with Crippen LogP contribution in [0.4, 0.5) is 4.39 Å². The molecule has 0 bridgehead atoms. The summed E-state index contributed by atoms with van der Waals surface area (Å²) in [6.07, 6.45) is 1.50. The Morgan fingerprint density at radius 1 is 1.23 bits per heavy atom. The molecule has 1 aliphatic heterocycles. The number of primary sulfonamides is 1. The van der Waals surface area contributed by atoms with Crippen LogP contribution in [0, 0.1) is 12.7 Å². The molecule has 0 radical (unpaired) electrons. The molecule has 7 nitrogen and oxygen atoms in total. The molecular weight excluding hydrogens is 409 g/mol. The van der Waals surface area contributed by atoms with Gasteiger partial charge in [-0.3, -0.25) is 9.69 Å². The van der Waals surface area contributed by atoms with Crippen molar-refractivity contribution in [2.75, 3.05) is 20.2 Å². The highest BCUT2D eigenvalue weighted by Gasteiger charge is 2.23. The van der Waals surface area contributed by atoms with Crippen LogP contribution in [0.1, 0.15) is 34.3 Å². The van der Waals surface area contributed by atoms with Crippen LogP contribution in [0.3, 0.4) is 0 Å². The number of methoxy groups -OCH3 is 1. The summed E-state index contributed by atoms with van der Waals surface area (Å²) < 4.78 is 41.9. The van der Waals surface area contributed by atoms with Gasteiger partial charge >= 0.3 is 0 Å². The van der Waals surface area contributed by atoms with E-state index in [2.05, 4.69) is 10.2 Å². The maximum absolute atomic E-state index is 13.9. The van der Waals surface area contributed by atoms with Gasteiger partial charge in [0, 0.05) is 31.2 Å². The third-order valence-corrected chi connectivity index (χ3v) is 6.24. The fourth-order valence-electron chi connectivity index (χ4n) is 3.59. The number of nitrogens with one attached hydrogen (secondary N) is 1. The van der Waals surface area contributed by atoms with Gasteiger partial charge in [0.25, 0.3) is 5.91 Å². The molecular formula is C21H26FN3O4S. The summed E-state index contributed by atoms with van der Waals surface area (Å²) >= 11 is 0. The quantitative estimate of drug-likeness (QED) is 0.724. The Balaban J connectivity index is 1.57. The van der Waals surface area contributed by atoms with Gasteiger partial charge in [-0.05, 0) is 55.2 Å². The zero-order valence-corrected chi connectivity index (χ0v) is 17.8. The molecule has 1 fully saturated rings. The number of rotatable bonds is 6. The van der Waals surface area contributed by atoms with E-state index in [4.69, 9.17) is 9.88 Å². The standard InChI is InChI=1S/C21H26FN3O4S/c1-14-3-5-17(30(23,27)28)12-18(14)21(26)24-16-7-9-25(10-8-16)13-15-4-6-20(29-2)19(22)11-15/h3-6,11-12,16H,7-10,13H2,1-2H3,(H,24,26)(H2,23,27,28). The van der Waals surface area contributed by atoms with Gasteiger partial charge in [0.05, 0.1) is 12.0 Å². The van der Waals surface area contributed by atoms with Crippen molar-refractivity contribution < 1.29 is 22.3 Å². The fourth-order valence-corrected chi connectivity index (χ4v) is 4.13. The van der Waals surface area contributed by atoms with Crippen LogP contribution in [-0.4, -0.2) is 45.5 Å². The van der Waals surface area contributed by atoms with Crippen molar-refractivity contribution >= 4 is 15.9 Å². The van der Waals surface area contributed by atoms with Gasteiger partial charge in [0.15, 0.2) is 11.6 Å². The minimum atomic E-state index is -3.87. The van der Waals surface area contributed by atoms with E-state index >= 15 is 0 Å². The lowest BCUT2D eigenvalue weighted by Crippen LogP contribution is -2.44. The van der Waals surface area contributed by atoms with E-state index in [-0.39, 0.29) is 28.4 Å². The van der Waals surface area contributed by atoms with Crippen molar-refractivity contribution in [1.82, 2.24) is 10.2 Å². The molecule has 9 heteroatoms. The molecule has 2 aromatic carbocycles. The summed E-state index contributed by atoms with van der Waals surface area (Å²) in [4.78, 5) is 14.8. The normalized spacial score (nSPS) is 15.7. The minimum Gasteiger partial charge on any atom is -0.494 e. The Hall–Kier alpha value is -2.49. The first-order valence-corrected chi connectivity index (χ1v) is 11.2. The Morgan fingerprint density at radius 2 is 1.93 bits per heavy atom. The van der Waals surface area contributed by atoms with Gasteiger partial charge in [-0.25, -0.2) is 17.9 Å². The highest BCUT2D eigenvalue weighted by atomic mass is 32.2. The van der Waals surface area contributed by atoms with E-state index in [0.29, 0.717) is 17.7 Å². The van der Waals surface area contributed by atoms with Gasteiger partial charge in [-0.15, -0.1) is 0 Å². The molecule has 162 valence electrons. The van der Waals surface area contributed by atoms with Crippen LogP contribution in [0.25, 0.3) is 0 Å². The SMILES string of the molecule is COc1ccc(CN2CCC(NC(=O)c3cc(S(N)(=O)=O)ccc3C)CC2)cc1F. The molecule has 1 amide bonds. The van der Waals surface area contributed by atoms with Crippen molar-refractivity contribution in [2.24, 2.45) is 5.14 Å². The number of sulfonamides is 1.